The van der Waals surface area contributed by atoms with Gasteiger partial charge in [-0.25, -0.2) is 0 Å². The van der Waals surface area contributed by atoms with E-state index in [2.05, 4.69) is 11.9 Å². The van der Waals surface area contributed by atoms with Gasteiger partial charge in [-0.15, -0.1) is 11.8 Å². The maximum Gasteiger partial charge on any atom is 0.234 e. The van der Waals surface area contributed by atoms with Gasteiger partial charge in [0.15, 0.2) is 0 Å². The van der Waals surface area contributed by atoms with Gasteiger partial charge in [0.25, 0.3) is 0 Å². The number of hydrogen-bond donors (Lipinski definition) is 1. The third-order valence-electron chi connectivity index (χ3n) is 2.90. The van der Waals surface area contributed by atoms with Gasteiger partial charge >= 0.3 is 0 Å². The first-order chi connectivity index (χ1) is 11.2. The Morgan fingerprint density at radius 1 is 1.26 bits per heavy atom. The van der Waals surface area contributed by atoms with E-state index in [1.807, 2.05) is 42.5 Å². The summed E-state index contributed by atoms with van der Waals surface area (Å²) in [6.07, 6.45) is 1.68. The molecule has 0 radical (unpaired) electrons. The molecule has 0 atom stereocenters. The number of anilines is 1. The minimum absolute atomic E-state index is 0.0372. The van der Waals surface area contributed by atoms with E-state index in [1.54, 1.807) is 23.9 Å². The van der Waals surface area contributed by atoms with Crippen LogP contribution in [0.5, 0.6) is 5.75 Å². The number of benzene rings is 2. The van der Waals surface area contributed by atoms with Crippen molar-refractivity contribution >= 4 is 35.0 Å². The van der Waals surface area contributed by atoms with Crippen LogP contribution in [0.15, 0.2) is 61.2 Å². The summed E-state index contributed by atoms with van der Waals surface area (Å²) in [4.78, 5) is 12.0. The van der Waals surface area contributed by atoms with Gasteiger partial charge < -0.3 is 10.1 Å². The fourth-order valence-electron chi connectivity index (χ4n) is 1.86. The Morgan fingerprint density at radius 3 is 2.78 bits per heavy atom. The molecule has 0 bridgehead atoms. The summed E-state index contributed by atoms with van der Waals surface area (Å²) < 4.78 is 5.44. The van der Waals surface area contributed by atoms with E-state index in [1.165, 1.54) is 0 Å². The minimum Gasteiger partial charge on any atom is -0.489 e. The molecule has 1 N–H and O–H groups in total. The molecule has 2 aromatic carbocycles. The predicted octanol–water partition coefficient (Wildman–Crippen LogP) is 4.78. The zero-order valence-corrected chi connectivity index (χ0v) is 14.2. The number of carbonyl (C=O) groups excluding carboxylic acids is 1. The summed E-state index contributed by atoms with van der Waals surface area (Å²) in [7, 11) is 0. The second-order valence-corrected chi connectivity index (χ2v) is 6.22. The number of hydrogen-bond acceptors (Lipinski definition) is 3. The first kappa shape index (κ1) is 17.4. The number of carbonyl (C=O) groups is 1. The Hall–Kier alpha value is -1.91. The van der Waals surface area contributed by atoms with Gasteiger partial charge in [-0.05, 0) is 29.8 Å². The molecular weight excluding hydrogens is 330 g/mol. The number of nitrogens with one attached hydrogen (secondary N) is 1. The topological polar surface area (TPSA) is 38.3 Å². The van der Waals surface area contributed by atoms with Gasteiger partial charge in [0, 0.05) is 22.5 Å². The molecular formula is C18H18ClNO2S. The molecule has 0 aliphatic carbocycles. The van der Waals surface area contributed by atoms with Crippen molar-refractivity contribution in [2.24, 2.45) is 0 Å². The fraction of sp³-hybridized carbons (Fsp3) is 0.167. The van der Waals surface area contributed by atoms with Crippen LogP contribution in [0.4, 0.5) is 5.69 Å². The van der Waals surface area contributed by atoms with Crippen molar-refractivity contribution in [3.63, 3.8) is 0 Å². The van der Waals surface area contributed by atoms with Crippen molar-refractivity contribution in [2.45, 2.75) is 5.75 Å². The van der Waals surface area contributed by atoms with Crippen molar-refractivity contribution in [3.05, 3.63) is 71.8 Å². The van der Waals surface area contributed by atoms with E-state index in [-0.39, 0.29) is 5.91 Å². The van der Waals surface area contributed by atoms with Crippen LogP contribution in [0.2, 0.25) is 5.02 Å². The molecule has 120 valence electrons. The zero-order chi connectivity index (χ0) is 16.5. The second-order valence-electron chi connectivity index (χ2n) is 4.79. The molecule has 23 heavy (non-hydrogen) atoms. The highest BCUT2D eigenvalue weighted by Crippen LogP contribution is 2.19. The van der Waals surface area contributed by atoms with Crippen molar-refractivity contribution in [1.29, 1.82) is 0 Å². The maximum atomic E-state index is 12.0. The molecule has 2 rings (SSSR count). The Bertz CT molecular complexity index is 658. The summed E-state index contributed by atoms with van der Waals surface area (Å²) in [5.41, 5.74) is 1.87. The molecule has 0 aliphatic heterocycles. The lowest BCUT2D eigenvalue weighted by Gasteiger charge is -2.08. The van der Waals surface area contributed by atoms with Crippen LogP contribution in [0.1, 0.15) is 5.56 Å². The van der Waals surface area contributed by atoms with E-state index >= 15 is 0 Å². The summed E-state index contributed by atoms with van der Waals surface area (Å²) in [6, 6.07) is 15.0. The smallest absolute Gasteiger partial charge is 0.234 e. The summed E-state index contributed by atoms with van der Waals surface area (Å²) in [6.45, 7) is 4.04. The molecule has 0 spiro atoms. The van der Waals surface area contributed by atoms with E-state index in [4.69, 9.17) is 16.3 Å². The zero-order valence-electron chi connectivity index (χ0n) is 12.6. The largest absolute Gasteiger partial charge is 0.489 e. The van der Waals surface area contributed by atoms with E-state index in [0.29, 0.717) is 18.1 Å². The van der Waals surface area contributed by atoms with Crippen LogP contribution >= 0.6 is 23.4 Å². The van der Waals surface area contributed by atoms with E-state index in [9.17, 15) is 4.79 Å². The van der Waals surface area contributed by atoms with E-state index in [0.717, 1.165) is 22.0 Å². The first-order valence-electron chi connectivity index (χ1n) is 7.13. The molecule has 0 aromatic heterocycles. The third kappa shape index (κ3) is 6.38. The maximum absolute atomic E-state index is 12.0. The van der Waals surface area contributed by atoms with Gasteiger partial charge in [-0.3, -0.25) is 4.79 Å². The van der Waals surface area contributed by atoms with Crippen LogP contribution in [-0.2, 0) is 10.5 Å². The van der Waals surface area contributed by atoms with E-state index < -0.39 is 0 Å². The highest BCUT2D eigenvalue weighted by molar-refractivity contribution is 7.99. The molecule has 3 nitrogen and oxygen atoms in total. The Balaban J connectivity index is 1.78. The second kappa shape index (κ2) is 9.28. The fourth-order valence-corrected chi connectivity index (χ4v) is 2.77. The normalized spacial score (nSPS) is 10.1. The van der Waals surface area contributed by atoms with Gasteiger partial charge in [0.2, 0.25) is 5.91 Å². The monoisotopic (exact) mass is 347 g/mol. The Morgan fingerprint density at radius 2 is 2.04 bits per heavy atom. The minimum atomic E-state index is -0.0372. The molecule has 0 saturated heterocycles. The molecule has 0 heterocycles. The van der Waals surface area contributed by atoms with Gasteiger partial charge in [-0.2, -0.15) is 0 Å². The lowest BCUT2D eigenvalue weighted by Crippen LogP contribution is -2.14. The van der Waals surface area contributed by atoms with Gasteiger partial charge in [-0.1, -0.05) is 42.5 Å². The third-order valence-corrected chi connectivity index (χ3v) is 4.16. The lowest BCUT2D eigenvalue weighted by atomic mass is 10.2. The first-order valence-corrected chi connectivity index (χ1v) is 8.66. The van der Waals surface area contributed by atoms with Crippen LogP contribution in [0, 0.1) is 0 Å². The highest BCUT2D eigenvalue weighted by Gasteiger charge is 2.04. The molecule has 1 amide bonds. The Labute approximate surface area is 145 Å². The predicted molar refractivity (Wildman–Crippen MR) is 98.4 cm³/mol. The number of amides is 1. The molecule has 2 aromatic rings. The lowest BCUT2D eigenvalue weighted by molar-refractivity contribution is -0.113. The SMILES string of the molecule is C=CCOc1cccc(NC(=O)CSCc2ccc(Cl)cc2)c1. The molecule has 5 heteroatoms. The number of thioether (sulfide) groups is 1. The van der Waals surface area contributed by atoms with Gasteiger partial charge in [0.1, 0.15) is 12.4 Å². The van der Waals surface area contributed by atoms with Crippen LogP contribution in [0.25, 0.3) is 0 Å². The molecule has 0 unspecified atom stereocenters. The summed E-state index contributed by atoms with van der Waals surface area (Å²) in [5.74, 6) is 1.83. The summed E-state index contributed by atoms with van der Waals surface area (Å²) >= 11 is 7.40. The average molecular weight is 348 g/mol. The quantitative estimate of drug-likeness (QED) is 0.698. The molecule has 0 saturated carbocycles. The van der Waals surface area contributed by atoms with Crippen molar-refractivity contribution in [2.75, 3.05) is 17.7 Å². The number of rotatable bonds is 8. The Kier molecular flexibility index (Phi) is 7.04. The standard InChI is InChI=1S/C18H18ClNO2S/c1-2-10-22-17-5-3-4-16(11-17)20-18(21)13-23-12-14-6-8-15(19)9-7-14/h2-9,11H,1,10,12-13H2,(H,20,21). The van der Waals surface area contributed by atoms with Crippen LogP contribution < -0.4 is 10.1 Å². The van der Waals surface area contributed by atoms with Crippen molar-refractivity contribution in [3.8, 4) is 5.75 Å². The number of halogens is 1. The number of ether oxygens (including phenoxy) is 1. The van der Waals surface area contributed by atoms with Crippen LogP contribution in [0.3, 0.4) is 0 Å². The van der Waals surface area contributed by atoms with Crippen molar-refractivity contribution < 1.29 is 9.53 Å². The highest BCUT2D eigenvalue weighted by atomic mass is 35.5. The molecule has 0 fully saturated rings. The molecule has 0 aliphatic rings. The van der Waals surface area contributed by atoms with Crippen molar-refractivity contribution in [1.82, 2.24) is 0 Å². The summed E-state index contributed by atoms with van der Waals surface area (Å²) in [5, 5.41) is 3.59. The average Bonchev–Trinajstić information content (AvgIpc) is 2.55. The van der Waals surface area contributed by atoms with Crippen LogP contribution in [-0.4, -0.2) is 18.3 Å². The van der Waals surface area contributed by atoms with Gasteiger partial charge in [0.05, 0.1) is 5.75 Å².